The number of fused-ring (bicyclic) bond motifs is 10. The fourth-order valence-corrected chi connectivity index (χ4v) is 7.37. The molecule has 3 heterocycles. The summed E-state index contributed by atoms with van der Waals surface area (Å²) in [4.78, 5) is 10.6. The van der Waals surface area contributed by atoms with E-state index in [0.29, 0.717) is 5.95 Å². The molecule has 0 aliphatic rings. The minimum absolute atomic E-state index is 0.674. The normalized spacial score (nSPS) is 11.8. The molecule has 0 saturated carbocycles. The molecule has 4 heteroatoms. The maximum atomic E-state index is 5.28. The van der Waals surface area contributed by atoms with E-state index in [1.807, 2.05) is 12.1 Å². The van der Waals surface area contributed by atoms with Crippen LogP contribution in [0.4, 0.5) is 0 Å². The lowest BCUT2D eigenvalue weighted by molar-refractivity contribution is 0.998. The van der Waals surface area contributed by atoms with Crippen molar-refractivity contribution in [3.63, 3.8) is 0 Å². The van der Waals surface area contributed by atoms with Crippen LogP contribution in [0.3, 0.4) is 0 Å². The van der Waals surface area contributed by atoms with E-state index in [1.54, 1.807) is 11.3 Å². The number of nitrogens with zero attached hydrogens (tertiary/aromatic N) is 3. The Hall–Kier alpha value is -5.32. The van der Waals surface area contributed by atoms with Crippen LogP contribution in [0.25, 0.3) is 81.9 Å². The maximum Gasteiger partial charge on any atom is 0.235 e. The van der Waals surface area contributed by atoms with Crippen LogP contribution in [0.5, 0.6) is 0 Å². The Bertz CT molecular complexity index is 2400. The molecule has 42 heavy (non-hydrogen) atoms. The van der Waals surface area contributed by atoms with Crippen molar-refractivity contribution in [1.29, 1.82) is 0 Å². The Balaban J connectivity index is 1.51. The Morgan fingerprint density at radius 2 is 1.12 bits per heavy atom. The van der Waals surface area contributed by atoms with E-state index in [0.717, 1.165) is 33.5 Å². The quantitative estimate of drug-likeness (QED) is 0.218. The first-order valence-electron chi connectivity index (χ1n) is 14.1. The number of rotatable bonds is 3. The van der Waals surface area contributed by atoms with Crippen LogP contribution in [0.2, 0.25) is 0 Å². The molecule has 0 unspecified atom stereocenters. The molecule has 0 fully saturated rings. The summed E-state index contributed by atoms with van der Waals surface area (Å²) in [6.45, 7) is 0. The lowest BCUT2D eigenvalue weighted by atomic mass is 9.98. The van der Waals surface area contributed by atoms with Gasteiger partial charge in [0, 0.05) is 37.4 Å². The summed E-state index contributed by atoms with van der Waals surface area (Å²) in [5, 5.41) is 10.9. The number of benzene rings is 6. The molecule has 9 aromatic rings. The van der Waals surface area contributed by atoms with Gasteiger partial charge in [-0.3, -0.25) is 4.57 Å². The maximum absolute atomic E-state index is 5.28. The summed E-state index contributed by atoms with van der Waals surface area (Å²) < 4.78 is 3.59. The molecule has 0 aliphatic heterocycles. The molecular formula is C38H23N3S. The summed E-state index contributed by atoms with van der Waals surface area (Å²) in [6, 6.07) is 47.1. The first-order valence-corrected chi connectivity index (χ1v) is 15.0. The van der Waals surface area contributed by atoms with Crippen molar-refractivity contribution in [1.82, 2.24) is 14.5 Å². The topological polar surface area (TPSA) is 30.7 Å². The van der Waals surface area contributed by atoms with Gasteiger partial charge in [-0.1, -0.05) is 115 Å². The number of thiophene rings is 1. The van der Waals surface area contributed by atoms with Gasteiger partial charge in [0.1, 0.15) is 0 Å². The molecule has 3 aromatic heterocycles. The largest absolute Gasteiger partial charge is 0.277 e. The lowest BCUT2D eigenvalue weighted by Crippen LogP contribution is -2.04. The van der Waals surface area contributed by atoms with Gasteiger partial charge < -0.3 is 0 Å². The van der Waals surface area contributed by atoms with Gasteiger partial charge in [0.15, 0.2) is 0 Å². The number of aromatic nitrogens is 3. The van der Waals surface area contributed by atoms with Crippen molar-refractivity contribution >= 4 is 64.8 Å². The van der Waals surface area contributed by atoms with Crippen molar-refractivity contribution in [2.75, 3.05) is 0 Å². The van der Waals surface area contributed by atoms with Gasteiger partial charge >= 0.3 is 0 Å². The van der Waals surface area contributed by atoms with Gasteiger partial charge in [0.05, 0.1) is 22.4 Å². The predicted octanol–water partition coefficient (Wildman–Crippen LogP) is 10.4. The molecule has 0 radical (unpaired) electrons. The highest BCUT2D eigenvalue weighted by Crippen LogP contribution is 2.45. The first-order chi connectivity index (χ1) is 20.8. The molecule has 0 saturated heterocycles. The van der Waals surface area contributed by atoms with E-state index in [2.05, 4.69) is 131 Å². The highest BCUT2D eigenvalue weighted by atomic mass is 32.1. The van der Waals surface area contributed by atoms with Gasteiger partial charge in [-0.15, -0.1) is 11.3 Å². The smallest absolute Gasteiger partial charge is 0.235 e. The second kappa shape index (κ2) is 9.10. The molecule has 3 nitrogen and oxygen atoms in total. The van der Waals surface area contributed by atoms with Gasteiger partial charge in [-0.2, -0.15) is 0 Å². The van der Waals surface area contributed by atoms with Gasteiger partial charge in [0.2, 0.25) is 5.95 Å². The third-order valence-corrected chi connectivity index (χ3v) is 9.22. The van der Waals surface area contributed by atoms with Crippen LogP contribution >= 0.6 is 11.3 Å². The fraction of sp³-hybridized carbons (Fsp3) is 0. The third-order valence-electron chi connectivity index (χ3n) is 8.27. The average Bonchev–Trinajstić information content (AvgIpc) is 3.69. The summed E-state index contributed by atoms with van der Waals surface area (Å²) >= 11 is 1.79. The molecule has 0 amide bonds. The van der Waals surface area contributed by atoms with Crippen LogP contribution < -0.4 is 0 Å². The average molecular weight is 554 g/mol. The zero-order valence-corrected chi connectivity index (χ0v) is 23.3. The van der Waals surface area contributed by atoms with Crippen LogP contribution in [-0.4, -0.2) is 14.5 Å². The van der Waals surface area contributed by atoms with Crippen molar-refractivity contribution in [3.8, 4) is 28.5 Å². The predicted molar refractivity (Wildman–Crippen MR) is 178 cm³/mol. The van der Waals surface area contributed by atoms with Crippen molar-refractivity contribution in [2.24, 2.45) is 0 Å². The van der Waals surface area contributed by atoms with Crippen molar-refractivity contribution in [2.45, 2.75) is 0 Å². The molecule has 196 valence electrons. The third kappa shape index (κ3) is 3.39. The summed E-state index contributed by atoms with van der Waals surface area (Å²) in [5.74, 6) is 0.674. The van der Waals surface area contributed by atoms with E-state index in [9.17, 15) is 0 Å². The summed E-state index contributed by atoms with van der Waals surface area (Å²) in [6.07, 6.45) is 0. The fourth-order valence-electron chi connectivity index (χ4n) is 6.44. The number of hydrogen-bond donors (Lipinski definition) is 0. The van der Waals surface area contributed by atoms with E-state index < -0.39 is 0 Å². The molecule has 9 rings (SSSR count). The Morgan fingerprint density at radius 1 is 0.500 bits per heavy atom. The molecule has 0 N–H and O–H groups in total. The minimum atomic E-state index is 0.674. The van der Waals surface area contributed by atoms with Crippen molar-refractivity contribution in [3.05, 3.63) is 139 Å². The van der Waals surface area contributed by atoms with Gasteiger partial charge in [-0.25, -0.2) is 9.97 Å². The number of hydrogen-bond acceptors (Lipinski definition) is 3. The first kappa shape index (κ1) is 23.4. The molecule has 0 aliphatic carbocycles. The van der Waals surface area contributed by atoms with Gasteiger partial charge in [-0.05, 0) is 39.7 Å². The molecule has 0 spiro atoms. The molecule has 6 aromatic carbocycles. The van der Waals surface area contributed by atoms with E-state index in [-0.39, 0.29) is 0 Å². The summed E-state index contributed by atoms with van der Waals surface area (Å²) in [5.41, 5.74) is 6.19. The Labute approximate surface area is 246 Å². The van der Waals surface area contributed by atoms with E-state index >= 15 is 0 Å². The summed E-state index contributed by atoms with van der Waals surface area (Å²) in [7, 11) is 0. The molecular weight excluding hydrogens is 531 g/mol. The van der Waals surface area contributed by atoms with Gasteiger partial charge in [0.25, 0.3) is 0 Å². The van der Waals surface area contributed by atoms with Crippen LogP contribution in [0, 0.1) is 0 Å². The van der Waals surface area contributed by atoms with Crippen LogP contribution in [0.1, 0.15) is 0 Å². The second-order valence-electron chi connectivity index (χ2n) is 10.6. The highest BCUT2D eigenvalue weighted by Gasteiger charge is 2.23. The zero-order chi connectivity index (χ0) is 27.6. The Kier molecular flexibility index (Phi) is 5.07. The Morgan fingerprint density at radius 3 is 1.83 bits per heavy atom. The van der Waals surface area contributed by atoms with E-state index in [1.165, 1.54) is 42.4 Å². The lowest BCUT2D eigenvalue weighted by Gasteiger charge is -2.12. The molecule has 0 atom stereocenters. The van der Waals surface area contributed by atoms with Crippen LogP contribution in [-0.2, 0) is 0 Å². The zero-order valence-electron chi connectivity index (χ0n) is 22.5. The van der Waals surface area contributed by atoms with Crippen molar-refractivity contribution < 1.29 is 0 Å². The van der Waals surface area contributed by atoms with Crippen LogP contribution in [0.15, 0.2) is 139 Å². The molecule has 0 bridgehead atoms. The second-order valence-corrected chi connectivity index (χ2v) is 11.5. The monoisotopic (exact) mass is 553 g/mol. The highest BCUT2D eigenvalue weighted by molar-refractivity contribution is 7.18. The standard InChI is InChI=1S/C38H23N3S/c1-3-12-25(13-4-1)31-23-32(26-14-5-2-6-15-26)40-38(39-31)41-33-20-19-24-11-7-8-16-27(24)34(33)35-28-17-9-10-18-29(28)37-30(36(35)41)21-22-42-37/h1-23H. The SMILES string of the molecule is c1ccc(-c2cc(-c3ccccc3)nc(-n3c4ccc5ccccc5c4c4c5ccccc5c5sccc5c43)n2)cc1. The minimum Gasteiger partial charge on any atom is -0.277 e. The van der Waals surface area contributed by atoms with E-state index in [4.69, 9.17) is 9.97 Å².